The van der Waals surface area contributed by atoms with Gasteiger partial charge in [0, 0.05) is 32.6 Å². The number of piperazine rings is 1. The van der Waals surface area contributed by atoms with Crippen LogP contribution in [0.5, 0.6) is 0 Å². The lowest BCUT2D eigenvalue weighted by molar-refractivity contribution is -0.146. The summed E-state index contributed by atoms with van der Waals surface area (Å²) in [5, 5.41) is 0.780. The Morgan fingerprint density at radius 1 is 1.14 bits per heavy atom. The molecule has 3 rings (SSSR count). The van der Waals surface area contributed by atoms with Crippen LogP contribution in [0.1, 0.15) is 28.2 Å². The molecule has 1 aromatic rings. The molecule has 21 heavy (non-hydrogen) atoms. The number of carbonyl (C=O) groups is 1. The molecule has 4 nitrogen and oxygen atoms in total. The van der Waals surface area contributed by atoms with Gasteiger partial charge in [-0.2, -0.15) is 13.2 Å². The standard InChI is InChI=1S/C13H16F3N3OS/c14-13(15,16)8-18-4-6-19(7-5-18)12-17-9-2-1-3-10(20)11(9)21-12/h1-8H2. The van der Waals surface area contributed by atoms with E-state index in [9.17, 15) is 18.0 Å². The molecule has 0 N–H and O–H groups in total. The Hall–Kier alpha value is -1.15. The molecule has 0 unspecified atom stereocenters. The van der Waals surface area contributed by atoms with Crippen LogP contribution in [0.25, 0.3) is 0 Å². The number of anilines is 1. The molecule has 0 bridgehead atoms. The summed E-state index contributed by atoms with van der Waals surface area (Å²) in [5.74, 6) is 0.149. The fourth-order valence-corrected chi connectivity index (χ4v) is 3.87. The van der Waals surface area contributed by atoms with E-state index in [-0.39, 0.29) is 5.78 Å². The second kappa shape index (κ2) is 5.57. The van der Waals surface area contributed by atoms with Crippen LogP contribution < -0.4 is 4.90 Å². The van der Waals surface area contributed by atoms with E-state index >= 15 is 0 Å². The van der Waals surface area contributed by atoms with E-state index in [2.05, 4.69) is 4.98 Å². The van der Waals surface area contributed by atoms with Gasteiger partial charge in [0.1, 0.15) is 0 Å². The van der Waals surface area contributed by atoms with Crippen molar-refractivity contribution in [1.82, 2.24) is 9.88 Å². The number of halogens is 3. The zero-order valence-corrected chi connectivity index (χ0v) is 12.3. The number of hydrogen-bond acceptors (Lipinski definition) is 5. The van der Waals surface area contributed by atoms with Crippen molar-refractivity contribution in [3.05, 3.63) is 10.6 Å². The molecule has 0 saturated carbocycles. The van der Waals surface area contributed by atoms with Gasteiger partial charge in [-0.05, 0) is 12.8 Å². The van der Waals surface area contributed by atoms with Crippen molar-refractivity contribution in [2.24, 2.45) is 0 Å². The number of fused-ring (bicyclic) bond motifs is 1. The zero-order valence-electron chi connectivity index (χ0n) is 11.4. The number of ketones is 1. The Balaban J connectivity index is 1.64. The van der Waals surface area contributed by atoms with Crippen molar-refractivity contribution >= 4 is 22.3 Å². The van der Waals surface area contributed by atoms with Crippen molar-refractivity contribution in [2.75, 3.05) is 37.6 Å². The van der Waals surface area contributed by atoms with E-state index < -0.39 is 12.7 Å². The topological polar surface area (TPSA) is 36.4 Å². The van der Waals surface area contributed by atoms with Crippen molar-refractivity contribution in [3.8, 4) is 0 Å². The molecule has 2 heterocycles. The smallest absolute Gasteiger partial charge is 0.346 e. The summed E-state index contributed by atoms with van der Waals surface area (Å²) in [6.07, 6.45) is -1.90. The maximum atomic E-state index is 12.4. The predicted octanol–water partition coefficient (Wildman–Crippen LogP) is 2.35. The SMILES string of the molecule is O=C1CCCc2nc(N3CCN(CC(F)(F)F)CC3)sc21. The summed E-state index contributed by atoms with van der Waals surface area (Å²) in [6.45, 7) is 0.941. The van der Waals surface area contributed by atoms with Crippen LogP contribution in [0, 0.1) is 0 Å². The zero-order chi connectivity index (χ0) is 15.0. The number of thiazole rings is 1. The highest BCUT2D eigenvalue weighted by molar-refractivity contribution is 7.17. The molecular formula is C13H16F3N3OS. The first-order chi connectivity index (χ1) is 9.92. The molecule has 0 amide bonds. The van der Waals surface area contributed by atoms with Crippen molar-refractivity contribution in [1.29, 1.82) is 0 Å². The first-order valence-corrected chi connectivity index (χ1v) is 7.81. The van der Waals surface area contributed by atoms with Crippen LogP contribution in [0.3, 0.4) is 0 Å². The van der Waals surface area contributed by atoms with Crippen LogP contribution >= 0.6 is 11.3 Å². The second-order valence-corrected chi connectivity index (χ2v) is 6.40. The second-order valence-electron chi connectivity index (χ2n) is 5.43. The minimum absolute atomic E-state index is 0.149. The third kappa shape index (κ3) is 3.37. The molecular weight excluding hydrogens is 303 g/mol. The Morgan fingerprint density at radius 2 is 1.86 bits per heavy atom. The summed E-state index contributed by atoms with van der Waals surface area (Å²) in [7, 11) is 0. The number of rotatable bonds is 2. The summed E-state index contributed by atoms with van der Waals surface area (Å²) in [5.41, 5.74) is 0.865. The molecule has 1 saturated heterocycles. The third-order valence-corrected chi connectivity index (χ3v) is 5.00. The molecule has 2 aliphatic rings. The lowest BCUT2D eigenvalue weighted by Gasteiger charge is -2.34. The highest BCUT2D eigenvalue weighted by Crippen LogP contribution is 2.32. The molecule has 0 aromatic carbocycles. The van der Waals surface area contributed by atoms with Crippen LogP contribution in [-0.2, 0) is 6.42 Å². The van der Waals surface area contributed by atoms with Crippen LogP contribution in [-0.4, -0.2) is 54.6 Å². The molecule has 1 aliphatic carbocycles. The largest absolute Gasteiger partial charge is 0.401 e. The van der Waals surface area contributed by atoms with Gasteiger partial charge in [-0.3, -0.25) is 9.69 Å². The Morgan fingerprint density at radius 3 is 2.48 bits per heavy atom. The summed E-state index contributed by atoms with van der Waals surface area (Å²) in [6, 6.07) is 0. The van der Waals surface area contributed by atoms with Gasteiger partial charge < -0.3 is 4.90 Å². The number of aryl methyl sites for hydroxylation is 1. The van der Waals surface area contributed by atoms with Gasteiger partial charge in [0.25, 0.3) is 0 Å². The number of aromatic nitrogens is 1. The molecule has 0 spiro atoms. The monoisotopic (exact) mass is 319 g/mol. The van der Waals surface area contributed by atoms with E-state index in [0.29, 0.717) is 32.6 Å². The highest BCUT2D eigenvalue weighted by atomic mass is 32.1. The summed E-state index contributed by atoms with van der Waals surface area (Å²) < 4.78 is 37.1. The molecule has 116 valence electrons. The van der Waals surface area contributed by atoms with Gasteiger partial charge in [0.15, 0.2) is 10.9 Å². The fourth-order valence-electron chi connectivity index (χ4n) is 2.74. The number of carbonyl (C=O) groups excluding carboxylic acids is 1. The Labute approximate surface area is 124 Å². The fraction of sp³-hybridized carbons (Fsp3) is 0.692. The van der Waals surface area contributed by atoms with Gasteiger partial charge in [0.2, 0.25) is 0 Å². The predicted molar refractivity (Wildman–Crippen MR) is 74.1 cm³/mol. The van der Waals surface area contributed by atoms with E-state index in [4.69, 9.17) is 0 Å². The van der Waals surface area contributed by atoms with Gasteiger partial charge in [-0.1, -0.05) is 11.3 Å². The van der Waals surface area contributed by atoms with Crippen LogP contribution in [0.2, 0.25) is 0 Å². The summed E-state index contributed by atoms with van der Waals surface area (Å²) in [4.78, 5) is 20.5. The third-order valence-electron chi connectivity index (χ3n) is 3.80. The van der Waals surface area contributed by atoms with Gasteiger partial charge in [-0.25, -0.2) is 4.98 Å². The quantitative estimate of drug-likeness (QED) is 0.838. The Kier molecular flexibility index (Phi) is 3.92. The van der Waals surface area contributed by atoms with Gasteiger partial charge in [0.05, 0.1) is 17.1 Å². The van der Waals surface area contributed by atoms with Crippen molar-refractivity contribution in [2.45, 2.75) is 25.4 Å². The van der Waals surface area contributed by atoms with Crippen LogP contribution in [0.4, 0.5) is 18.3 Å². The Bertz CT molecular complexity index is 535. The molecule has 0 radical (unpaired) electrons. The number of hydrogen-bond donors (Lipinski definition) is 0. The minimum Gasteiger partial charge on any atom is -0.346 e. The average molecular weight is 319 g/mol. The first kappa shape index (κ1) is 14.8. The summed E-state index contributed by atoms with van der Waals surface area (Å²) >= 11 is 1.39. The molecule has 0 atom stereocenters. The van der Waals surface area contributed by atoms with E-state index in [1.54, 1.807) is 0 Å². The molecule has 1 aromatic heterocycles. The molecule has 8 heteroatoms. The maximum absolute atomic E-state index is 12.4. The number of nitrogens with zero attached hydrogens (tertiary/aromatic N) is 3. The van der Waals surface area contributed by atoms with Crippen molar-refractivity contribution < 1.29 is 18.0 Å². The average Bonchev–Trinajstić information content (AvgIpc) is 2.83. The van der Waals surface area contributed by atoms with E-state index in [1.165, 1.54) is 16.2 Å². The lowest BCUT2D eigenvalue weighted by atomic mass is 10.0. The molecule has 1 fully saturated rings. The van der Waals surface area contributed by atoms with E-state index in [0.717, 1.165) is 28.5 Å². The van der Waals surface area contributed by atoms with Gasteiger partial charge in [-0.15, -0.1) is 0 Å². The minimum atomic E-state index is -4.14. The van der Waals surface area contributed by atoms with Crippen molar-refractivity contribution in [3.63, 3.8) is 0 Å². The van der Waals surface area contributed by atoms with Crippen LogP contribution in [0.15, 0.2) is 0 Å². The highest BCUT2D eigenvalue weighted by Gasteiger charge is 2.33. The van der Waals surface area contributed by atoms with E-state index in [1.807, 2.05) is 4.90 Å². The first-order valence-electron chi connectivity index (χ1n) is 6.99. The normalized spacial score (nSPS) is 20.7. The molecule has 1 aliphatic heterocycles. The number of alkyl halides is 3. The van der Waals surface area contributed by atoms with Gasteiger partial charge >= 0.3 is 6.18 Å². The number of Topliss-reactive ketones (excluding diaryl/α,β-unsaturated/α-hetero) is 1. The maximum Gasteiger partial charge on any atom is 0.401 e. The lowest BCUT2D eigenvalue weighted by Crippen LogP contribution is -2.49.